The van der Waals surface area contributed by atoms with Gasteiger partial charge in [0.15, 0.2) is 5.16 Å². The fourth-order valence-corrected chi connectivity index (χ4v) is 3.60. The minimum absolute atomic E-state index is 0.0344. The third-order valence-corrected chi connectivity index (χ3v) is 4.95. The van der Waals surface area contributed by atoms with E-state index in [1.54, 1.807) is 0 Å². The van der Waals surface area contributed by atoms with Crippen molar-refractivity contribution in [1.29, 1.82) is 0 Å². The summed E-state index contributed by atoms with van der Waals surface area (Å²) in [5, 5.41) is 4.02. The number of imidazole rings is 1. The molecule has 0 radical (unpaired) electrons. The molecule has 0 spiro atoms. The van der Waals surface area contributed by atoms with Crippen molar-refractivity contribution < 1.29 is 4.79 Å². The smallest absolute Gasteiger partial charge is 0.230 e. The molecule has 4 nitrogen and oxygen atoms in total. The van der Waals surface area contributed by atoms with Crippen LogP contribution in [0.4, 0.5) is 0 Å². The maximum Gasteiger partial charge on any atom is 0.230 e. The summed E-state index contributed by atoms with van der Waals surface area (Å²) in [5.74, 6) is 0.900. The predicted molar refractivity (Wildman–Crippen MR) is 103 cm³/mol. The van der Waals surface area contributed by atoms with Crippen LogP contribution in [0.5, 0.6) is 0 Å². The Balaban J connectivity index is 1.63. The zero-order valence-corrected chi connectivity index (χ0v) is 15.4. The molecule has 0 saturated carbocycles. The number of rotatable bonds is 7. The first-order valence-corrected chi connectivity index (χ1v) is 9.51. The van der Waals surface area contributed by atoms with Crippen LogP contribution in [-0.4, -0.2) is 21.0 Å². The highest BCUT2D eigenvalue weighted by Crippen LogP contribution is 2.22. The van der Waals surface area contributed by atoms with Crippen LogP contribution < -0.4 is 5.32 Å². The lowest BCUT2D eigenvalue weighted by Gasteiger charge is -2.21. The monoisotopic (exact) mass is 353 g/mol. The fraction of sp³-hybridized carbons (Fsp3) is 0.300. The van der Waals surface area contributed by atoms with Crippen molar-refractivity contribution in [3.05, 3.63) is 66.5 Å². The van der Waals surface area contributed by atoms with E-state index in [0.717, 1.165) is 22.7 Å². The van der Waals surface area contributed by atoms with Gasteiger partial charge in [0.1, 0.15) is 0 Å². The first-order chi connectivity index (χ1) is 12.1. The van der Waals surface area contributed by atoms with Crippen molar-refractivity contribution in [3.8, 4) is 0 Å². The summed E-state index contributed by atoms with van der Waals surface area (Å²) < 4.78 is 2.00. The zero-order valence-electron chi connectivity index (χ0n) is 14.6. The third kappa shape index (κ3) is 4.63. The minimum atomic E-state index is 0.0344. The molecular formula is C20H23N3OS. The number of benzene rings is 1. The van der Waals surface area contributed by atoms with Gasteiger partial charge in [-0.1, -0.05) is 62.0 Å². The molecule has 25 heavy (non-hydrogen) atoms. The topological polar surface area (TPSA) is 46.4 Å². The number of hydrogen-bond donors (Lipinski definition) is 1. The highest BCUT2D eigenvalue weighted by atomic mass is 32.2. The van der Waals surface area contributed by atoms with Crippen molar-refractivity contribution >= 4 is 23.2 Å². The molecular weight excluding hydrogens is 330 g/mol. The Kier molecular flexibility index (Phi) is 5.76. The summed E-state index contributed by atoms with van der Waals surface area (Å²) in [6.45, 7) is 4.35. The lowest BCUT2D eigenvalue weighted by atomic mass is 9.97. The van der Waals surface area contributed by atoms with Gasteiger partial charge in [0, 0.05) is 6.20 Å². The summed E-state index contributed by atoms with van der Waals surface area (Å²) in [6, 6.07) is 16.2. The fourth-order valence-electron chi connectivity index (χ4n) is 2.83. The molecule has 130 valence electrons. The molecule has 3 aromatic rings. The number of amides is 1. The lowest BCUT2D eigenvalue weighted by molar-refractivity contribution is -0.119. The minimum Gasteiger partial charge on any atom is -0.349 e. The maximum atomic E-state index is 12.5. The number of thioether (sulfide) groups is 1. The number of hydrogen-bond acceptors (Lipinski definition) is 3. The normalized spacial score (nSPS) is 12.4. The van der Waals surface area contributed by atoms with E-state index in [9.17, 15) is 4.79 Å². The first-order valence-electron chi connectivity index (χ1n) is 8.52. The number of carbonyl (C=O) groups excluding carboxylic acids is 1. The average Bonchev–Trinajstić information content (AvgIpc) is 3.03. The van der Waals surface area contributed by atoms with Crippen LogP contribution in [0.1, 0.15) is 31.9 Å². The average molecular weight is 353 g/mol. The molecule has 0 aliphatic carbocycles. The third-order valence-electron chi connectivity index (χ3n) is 3.98. The standard InChI is InChI=1S/C20H23N3OS/c1-15(2)12-18(16-8-4-3-5-9-16)22-19(24)14-25-20-21-13-17-10-6-7-11-23(17)20/h3-11,13,15,18H,12,14H2,1-2H3,(H,22,24). The second-order valence-electron chi connectivity index (χ2n) is 6.49. The Morgan fingerprint density at radius 1 is 1.16 bits per heavy atom. The largest absolute Gasteiger partial charge is 0.349 e. The van der Waals surface area contributed by atoms with Gasteiger partial charge in [-0.15, -0.1) is 0 Å². The van der Waals surface area contributed by atoms with Crippen molar-refractivity contribution in [3.63, 3.8) is 0 Å². The van der Waals surface area contributed by atoms with E-state index in [1.165, 1.54) is 11.8 Å². The number of fused-ring (bicyclic) bond motifs is 1. The predicted octanol–water partition coefficient (Wildman–Crippen LogP) is 4.33. The molecule has 1 N–H and O–H groups in total. The Hall–Kier alpha value is -2.27. The molecule has 1 aromatic carbocycles. The van der Waals surface area contributed by atoms with Crippen LogP contribution in [0.2, 0.25) is 0 Å². The molecule has 2 heterocycles. The molecule has 3 rings (SSSR count). The van der Waals surface area contributed by atoms with Gasteiger partial charge in [-0.3, -0.25) is 9.20 Å². The Labute approximate surface area is 152 Å². The molecule has 1 amide bonds. The van der Waals surface area contributed by atoms with E-state index < -0.39 is 0 Å². The van der Waals surface area contributed by atoms with Crippen LogP contribution in [0.3, 0.4) is 0 Å². The van der Waals surface area contributed by atoms with E-state index in [0.29, 0.717) is 11.7 Å². The van der Waals surface area contributed by atoms with Crippen LogP contribution in [0, 0.1) is 5.92 Å². The summed E-state index contributed by atoms with van der Waals surface area (Å²) in [6.07, 6.45) is 4.71. The summed E-state index contributed by atoms with van der Waals surface area (Å²) in [5.41, 5.74) is 2.19. The van der Waals surface area contributed by atoms with Gasteiger partial charge in [0.25, 0.3) is 0 Å². The zero-order chi connectivity index (χ0) is 17.6. The van der Waals surface area contributed by atoms with Crippen LogP contribution in [0.25, 0.3) is 5.52 Å². The van der Waals surface area contributed by atoms with Crippen LogP contribution >= 0.6 is 11.8 Å². The lowest BCUT2D eigenvalue weighted by Crippen LogP contribution is -2.30. The number of aromatic nitrogens is 2. The summed E-state index contributed by atoms with van der Waals surface area (Å²) in [7, 11) is 0. The molecule has 0 fully saturated rings. The van der Waals surface area contributed by atoms with Crippen molar-refractivity contribution in [2.75, 3.05) is 5.75 Å². The molecule has 0 aliphatic heterocycles. The van der Waals surface area contributed by atoms with E-state index in [-0.39, 0.29) is 11.9 Å². The quantitative estimate of drug-likeness (QED) is 0.643. The van der Waals surface area contributed by atoms with Crippen LogP contribution in [-0.2, 0) is 4.79 Å². The maximum absolute atomic E-state index is 12.5. The van der Waals surface area contributed by atoms with Gasteiger partial charge in [-0.05, 0) is 30.0 Å². The Morgan fingerprint density at radius 2 is 1.92 bits per heavy atom. The molecule has 0 saturated heterocycles. The van der Waals surface area contributed by atoms with Gasteiger partial charge in [0.05, 0.1) is 23.5 Å². The molecule has 2 aromatic heterocycles. The SMILES string of the molecule is CC(C)CC(NC(=O)CSc1ncc2ccccn12)c1ccccc1. The second-order valence-corrected chi connectivity index (χ2v) is 7.43. The first kappa shape index (κ1) is 17.5. The number of nitrogens with zero attached hydrogens (tertiary/aromatic N) is 2. The molecule has 1 atom stereocenters. The van der Waals surface area contributed by atoms with Crippen LogP contribution in [0.15, 0.2) is 66.1 Å². The highest BCUT2D eigenvalue weighted by molar-refractivity contribution is 7.99. The van der Waals surface area contributed by atoms with Crippen molar-refractivity contribution in [2.45, 2.75) is 31.5 Å². The molecule has 0 aliphatic rings. The van der Waals surface area contributed by atoms with Crippen molar-refractivity contribution in [1.82, 2.24) is 14.7 Å². The van der Waals surface area contributed by atoms with Gasteiger partial charge < -0.3 is 5.32 Å². The number of carbonyl (C=O) groups is 1. The molecule has 1 unspecified atom stereocenters. The molecule has 0 bridgehead atoms. The second kappa shape index (κ2) is 8.21. The molecule has 5 heteroatoms. The Bertz CT molecular complexity index is 829. The number of pyridine rings is 1. The highest BCUT2D eigenvalue weighted by Gasteiger charge is 2.16. The number of nitrogens with one attached hydrogen (secondary N) is 1. The Morgan fingerprint density at radius 3 is 2.68 bits per heavy atom. The summed E-state index contributed by atoms with van der Waals surface area (Å²) >= 11 is 1.46. The van der Waals surface area contributed by atoms with E-state index in [1.807, 2.05) is 53.2 Å². The van der Waals surface area contributed by atoms with Gasteiger partial charge in [-0.2, -0.15) is 0 Å². The van der Waals surface area contributed by atoms with Gasteiger partial charge >= 0.3 is 0 Å². The van der Waals surface area contributed by atoms with E-state index in [2.05, 4.69) is 36.3 Å². The van der Waals surface area contributed by atoms with Crippen molar-refractivity contribution in [2.24, 2.45) is 5.92 Å². The van der Waals surface area contributed by atoms with Gasteiger partial charge in [-0.25, -0.2) is 4.98 Å². The van der Waals surface area contributed by atoms with E-state index in [4.69, 9.17) is 0 Å². The summed E-state index contributed by atoms with van der Waals surface area (Å²) in [4.78, 5) is 16.9. The van der Waals surface area contributed by atoms with Gasteiger partial charge in [0.2, 0.25) is 5.91 Å². The van der Waals surface area contributed by atoms with E-state index >= 15 is 0 Å².